The van der Waals surface area contributed by atoms with Gasteiger partial charge in [-0.05, 0) is 6.07 Å². The van der Waals surface area contributed by atoms with E-state index >= 15 is 0 Å². The number of nitrogens with zero attached hydrogens (tertiary/aromatic N) is 1. The summed E-state index contributed by atoms with van der Waals surface area (Å²) in [4.78, 5) is 0. The van der Waals surface area contributed by atoms with Crippen molar-refractivity contribution in [3.63, 3.8) is 0 Å². The van der Waals surface area contributed by atoms with Crippen molar-refractivity contribution >= 4 is 0 Å². The molecule has 0 spiro atoms. The molecule has 0 saturated carbocycles. The lowest BCUT2D eigenvalue weighted by atomic mass is 10.1. The van der Waals surface area contributed by atoms with Gasteiger partial charge in [0.1, 0.15) is 0 Å². The van der Waals surface area contributed by atoms with Crippen molar-refractivity contribution < 1.29 is 22.3 Å². The Morgan fingerprint density at radius 3 is 2.53 bits per heavy atom. The van der Waals surface area contributed by atoms with Crippen LogP contribution in [-0.4, -0.2) is 6.36 Å². The first-order valence-electron chi connectivity index (χ1n) is 3.84. The van der Waals surface area contributed by atoms with Gasteiger partial charge in [0.15, 0.2) is 11.6 Å². The Balaban J connectivity index is 3.00. The molecule has 2 nitrogen and oxygen atoms in total. The summed E-state index contributed by atoms with van der Waals surface area (Å²) < 4.78 is 52.0. The highest BCUT2D eigenvalue weighted by Gasteiger charge is 2.32. The monoisotopic (exact) mass is 219 g/mol. The second-order valence-electron chi connectivity index (χ2n) is 2.61. The number of alkyl halides is 3. The first kappa shape index (κ1) is 11.3. The van der Waals surface area contributed by atoms with E-state index < -0.39 is 17.9 Å². The first-order valence-corrected chi connectivity index (χ1v) is 3.84. The standard InChI is InChI=1S/C9H5F4NO/c10-8-6(4-5-14)2-1-3-7(8)15-9(11,12)13/h1-3H,4H2. The summed E-state index contributed by atoms with van der Waals surface area (Å²) in [6.45, 7) is 0. The molecule has 0 aliphatic heterocycles. The number of hydrogen-bond donors (Lipinski definition) is 0. The van der Waals surface area contributed by atoms with E-state index in [4.69, 9.17) is 5.26 Å². The predicted molar refractivity (Wildman–Crippen MR) is 42.4 cm³/mol. The van der Waals surface area contributed by atoms with E-state index in [-0.39, 0.29) is 12.0 Å². The van der Waals surface area contributed by atoms with Crippen LogP contribution in [-0.2, 0) is 6.42 Å². The molecule has 0 atom stereocenters. The highest BCUT2D eigenvalue weighted by molar-refractivity contribution is 5.32. The Hall–Kier alpha value is -1.77. The minimum atomic E-state index is -4.94. The molecule has 1 aromatic carbocycles. The van der Waals surface area contributed by atoms with E-state index in [9.17, 15) is 17.6 Å². The quantitative estimate of drug-likeness (QED) is 0.716. The normalized spacial score (nSPS) is 10.9. The third-order valence-corrected chi connectivity index (χ3v) is 1.54. The zero-order valence-corrected chi connectivity index (χ0v) is 7.31. The number of halogens is 4. The van der Waals surface area contributed by atoms with Crippen LogP contribution in [0.5, 0.6) is 5.75 Å². The Morgan fingerprint density at radius 2 is 2.00 bits per heavy atom. The molecular weight excluding hydrogens is 214 g/mol. The van der Waals surface area contributed by atoms with Gasteiger partial charge in [-0.25, -0.2) is 4.39 Å². The van der Waals surface area contributed by atoms with Crippen LogP contribution in [0, 0.1) is 17.1 Å². The van der Waals surface area contributed by atoms with Crippen molar-refractivity contribution in [1.29, 1.82) is 5.26 Å². The van der Waals surface area contributed by atoms with Gasteiger partial charge < -0.3 is 4.74 Å². The highest BCUT2D eigenvalue weighted by atomic mass is 19.4. The summed E-state index contributed by atoms with van der Waals surface area (Å²) in [6, 6.07) is 4.90. The Morgan fingerprint density at radius 1 is 1.33 bits per heavy atom. The number of ether oxygens (including phenoxy) is 1. The first-order chi connectivity index (χ1) is 6.94. The largest absolute Gasteiger partial charge is 0.573 e. The van der Waals surface area contributed by atoms with Gasteiger partial charge in [-0.2, -0.15) is 5.26 Å². The molecule has 6 heteroatoms. The van der Waals surface area contributed by atoms with Crippen LogP contribution in [0.2, 0.25) is 0 Å². The predicted octanol–water partition coefficient (Wildman–Crippen LogP) is 2.79. The molecule has 0 saturated heterocycles. The minimum absolute atomic E-state index is 0.126. The van der Waals surface area contributed by atoms with Crippen LogP contribution in [0.15, 0.2) is 18.2 Å². The van der Waals surface area contributed by atoms with Crippen molar-refractivity contribution in [2.45, 2.75) is 12.8 Å². The number of benzene rings is 1. The Bertz CT molecular complexity index is 394. The van der Waals surface area contributed by atoms with Gasteiger partial charge >= 0.3 is 6.36 Å². The molecule has 0 aliphatic rings. The van der Waals surface area contributed by atoms with Crippen molar-refractivity contribution in [3.8, 4) is 11.8 Å². The third kappa shape index (κ3) is 3.13. The van der Waals surface area contributed by atoms with Gasteiger partial charge in [0.05, 0.1) is 12.5 Å². The summed E-state index contributed by atoms with van der Waals surface area (Å²) in [5.74, 6) is -2.08. The molecule has 0 fully saturated rings. The smallest absolute Gasteiger partial charge is 0.403 e. The average Bonchev–Trinajstić information content (AvgIpc) is 2.10. The van der Waals surface area contributed by atoms with Crippen molar-refractivity contribution in [1.82, 2.24) is 0 Å². The molecule has 80 valence electrons. The summed E-state index contributed by atoms with van der Waals surface area (Å²) in [5.41, 5.74) is -0.126. The fraction of sp³-hybridized carbons (Fsp3) is 0.222. The van der Waals surface area contributed by atoms with E-state index in [1.807, 2.05) is 0 Å². The van der Waals surface area contributed by atoms with E-state index in [0.717, 1.165) is 6.07 Å². The maximum Gasteiger partial charge on any atom is 0.573 e. The second kappa shape index (κ2) is 4.17. The summed E-state index contributed by atoms with van der Waals surface area (Å²) >= 11 is 0. The van der Waals surface area contributed by atoms with Crippen molar-refractivity contribution in [3.05, 3.63) is 29.6 Å². The second-order valence-corrected chi connectivity index (χ2v) is 2.61. The molecular formula is C9H5F4NO. The number of rotatable bonds is 2. The van der Waals surface area contributed by atoms with Crippen molar-refractivity contribution in [2.75, 3.05) is 0 Å². The number of nitriles is 1. The lowest BCUT2D eigenvalue weighted by molar-refractivity contribution is -0.275. The fourth-order valence-corrected chi connectivity index (χ4v) is 0.981. The molecule has 0 radical (unpaired) electrons. The molecule has 1 rings (SSSR count). The van der Waals surface area contributed by atoms with Crippen LogP contribution in [0.4, 0.5) is 17.6 Å². The molecule has 0 unspecified atom stereocenters. The van der Waals surface area contributed by atoms with Crippen LogP contribution in [0.3, 0.4) is 0 Å². The van der Waals surface area contributed by atoms with Gasteiger partial charge in [0.25, 0.3) is 0 Å². The molecule has 0 N–H and O–H groups in total. The maximum absolute atomic E-state index is 13.2. The zero-order valence-electron chi connectivity index (χ0n) is 7.31. The summed E-state index contributed by atoms with van der Waals surface area (Å²) in [6.07, 6.45) is -5.24. The fourth-order valence-electron chi connectivity index (χ4n) is 0.981. The maximum atomic E-state index is 13.2. The van der Waals surface area contributed by atoms with E-state index in [2.05, 4.69) is 4.74 Å². The minimum Gasteiger partial charge on any atom is -0.403 e. The third-order valence-electron chi connectivity index (χ3n) is 1.54. The molecule has 0 aromatic heterocycles. The van der Waals surface area contributed by atoms with Crippen LogP contribution >= 0.6 is 0 Å². The molecule has 15 heavy (non-hydrogen) atoms. The van der Waals surface area contributed by atoms with Gasteiger partial charge in [0, 0.05) is 5.56 Å². The van der Waals surface area contributed by atoms with E-state index in [1.54, 1.807) is 6.07 Å². The molecule has 0 aliphatic carbocycles. The lowest BCUT2D eigenvalue weighted by Gasteiger charge is -2.10. The van der Waals surface area contributed by atoms with E-state index in [0.29, 0.717) is 0 Å². The van der Waals surface area contributed by atoms with E-state index in [1.165, 1.54) is 12.1 Å². The molecule has 1 aromatic rings. The number of hydrogen-bond acceptors (Lipinski definition) is 2. The van der Waals surface area contributed by atoms with Crippen LogP contribution in [0.1, 0.15) is 5.56 Å². The summed E-state index contributed by atoms with van der Waals surface area (Å²) in [5, 5.41) is 8.29. The van der Waals surface area contributed by atoms with Crippen LogP contribution < -0.4 is 4.74 Å². The van der Waals surface area contributed by atoms with Gasteiger partial charge in [-0.15, -0.1) is 13.2 Å². The lowest BCUT2D eigenvalue weighted by Crippen LogP contribution is -2.18. The Kier molecular flexibility index (Phi) is 3.14. The van der Waals surface area contributed by atoms with Crippen molar-refractivity contribution in [2.24, 2.45) is 0 Å². The van der Waals surface area contributed by atoms with Gasteiger partial charge in [-0.3, -0.25) is 0 Å². The van der Waals surface area contributed by atoms with Gasteiger partial charge in [0.2, 0.25) is 0 Å². The van der Waals surface area contributed by atoms with Crippen LogP contribution in [0.25, 0.3) is 0 Å². The highest BCUT2D eigenvalue weighted by Crippen LogP contribution is 2.27. The average molecular weight is 219 g/mol. The summed E-state index contributed by atoms with van der Waals surface area (Å²) in [7, 11) is 0. The molecule has 0 heterocycles. The SMILES string of the molecule is N#CCc1cccc(OC(F)(F)F)c1F. The topological polar surface area (TPSA) is 33.0 Å². The van der Waals surface area contributed by atoms with Gasteiger partial charge in [-0.1, -0.05) is 12.1 Å². The molecule has 0 amide bonds. The zero-order chi connectivity index (χ0) is 11.5. The Labute approximate surface area is 82.7 Å². The molecule has 0 bridgehead atoms.